The van der Waals surface area contributed by atoms with Crippen LogP contribution in [0.4, 0.5) is 4.39 Å². The quantitative estimate of drug-likeness (QED) is 0.412. The highest BCUT2D eigenvalue weighted by molar-refractivity contribution is 7.89. The van der Waals surface area contributed by atoms with E-state index in [9.17, 15) is 12.8 Å². The van der Waals surface area contributed by atoms with Gasteiger partial charge in [0.25, 0.3) is 0 Å². The molecule has 0 aliphatic heterocycles. The molecule has 0 aliphatic carbocycles. The molecule has 1 heterocycles. The van der Waals surface area contributed by atoms with Crippen molar-refractivity contribution in [3.63, 3.8) is 0 Å². The van der Waals surface area contributed by atoms with Crippen LogP contribution in [0, 0.1) is 5.82 Å². The van der Waals surface area contributed by atoms with Gasteiger partial charge in [-0.05, 0) is 29.3 Å². The summed E-state index contributed by atoms with van der Waals surface area (Å²) in [6, 6.07) is 23.1. The van der Waals surface area contributed by atoms with Gasteiger partial charge in [-0.25, -0.2) is 27.6 Å². The number of hydrogen-bond acceptors (Lipinski definition) is 5. The Bertz CT molecular complexity index is 1310. The molecule has 4 aromatic rings. The van der Waals surface area contributed by atoms with Crippen molar-refractivity contribution in [1.29, 1.82) is 0 Å². The number of benzene rings is 3. The van der Waals surface area contributed by atoms with Crippen molar-refractivity contribution >= 4 is 10.0 Å². The topological polar surface area (TPSA) is 103 Å². The Kier molecular flexibility index (Phi) is 7.70. The smallest absolute Gasteiger partial charge is 0.238 e. The standard InChI is InChI=1S/C23H22FN5O2S.CH4/c24-20-14-19(32(25,30)31)11-12-21(20)29-23(13-17-7-3-1-4-8-17)27-22(28-29)16-26-15-18-9-5-2-6-10-18;/h1-12,14,26H,13,15-16H2,(H2,25,30,31);1H4. The minimum absolute atomic E-state index is 0. The minimum atomic E-state index is -4.01. The number of sulfonamides is 1. The number of halogens is 1. The van der Waals surface area contributed by atoms with Gasteiger partial charge in [0, 0.05) is 13.0 Å². The molecule has 3 aromatic carbocycles. The second-order valence-corrected chi connectivity index (χ2v) is 8.83. The zero-order valence-corrected chi connectivity index (χ0v) is 18.0. The van der Waals surface area contributed by atoms with E-state index in [0.29, 0.717) is 31.2 Å². The average Bonchev–Trinajstić information content (AvgIpc) is 3.16. The second-order valence-electron chi connectivity index (χ2n) is 7.27. The Hall–Kier alpha value is -3.40. The first kappa shape index (κ1) is 24.2. The number of rotatable bonds is 8. The van der Waals surface area contributed by atoms with Gasteiger partial charge in [-0.3, -0.25) is 0 Å². The van der Waals surface area contributed by atoms with E-state index in [1.54, 1.807) is 0 Å². The van der Waals surface area contributed by atoms with E-state index in [2.05, 4.69) is 15.4 Å². The maximum atomic E-state index is 14.8. The van der Waals surface area contributed by atoms with Crippen molar-refractivity contribution in [2.45, 2.75) is 31.8 Å². The predicted molar refractivity (Wildman–Crippen MR) is 126 cm³/mol. The van der Waals surface area contributed by atoms with Crippen molar-refractivity contribution < 1.29 is 12.8 Å². The first-order valence-electron chi connectivity index (χ1n) is 9.96. The minimum Gasteiger partial charge on any atom is -0.306 e. The van der Waals surface area contributed by atoms with Crippen LogP contribution in [0.15, 0.2) is 83.8 Å². The molecule has 0 saturated carbocycles. The van der Waals surface area contributed by atoms with Crippen LogP contribution < -0.4 is 10.5 Å². The fraction of sp³-hybridized carbons (Fsp3) is 0.167. The third-order valence-electron chi connectivity index (χ3n) is 4.85. The Labute approximate surface area is 193 Å². The molecule has 0 unspecified atom stereocenters. The van der Waals surface area contributed by atoms with E-state index < -0.39 is 15.8 Å². The molecule has 0 atom stereocenters. The Morgan fingerprint density at radius 2 is 1.55 bits per heavy atom. The predicted octanol–water partition coefficient (Wildman–Crippen LogP) is 3.57. The summed E-state index contributed by atoms with van der Waals surface area (Å²) in [4.78, 5) is 4.31. The molecule has 1 aromatic heterocycles. The lowest BCUT2D eigenvalue weighted by atomic mass is 10.1. The monoisotopic (exact) mass is 467 g/mol. The summed E-state index contributed by atoms with van der Waals surface area (Å²) in [5.74, 6) is 0.288. The van der Waals surface area contributed by atoms with E-state index in [1.165, 1.54) is 16.8 Å². The molecule has 0 fully saturated rings. The second kappa shape index (κ2) is 10.5. The molecule has 9 heteroatoms. The van der Waals surface area contributed by atoms with Crippen LogP contribution in [0.25, 0.3) is 5.69 Å². The highest BCUT2D eigenvalue weighted by atomic mass is 32.2. The number of nitrogens with zero attached hydrogens (tertiary/aromatic N) is 3. The summed E-state index contributed by atoms with van der Waals surface area (Å²) < 4.78 is 39.4. The lowest BCUT2D eigenvalue weighted by Gasteiger charge is -2.08. The highest BCUT2D eigenvalue weighted by Crippen LogP contribution is 2.20. The summed E-state index contributed by atoms with van der Waals surface area (Å²) >= 11 is 0. The molecule has 0 aliphatic rings. The van der Waals surface area contributed by atoms with Gasteiger partial charge in [0.15, 0.2) is 5.82 Å². The summed E-state index contributed by atoms with van der Waals surface area (Å²) in [6.07, 6.45) is 0.433. The lowest BCUT2D eigenvalue weighted by Crippen LogP contribution is -2.14. The number of primary sulfonamides is 1. The summed E-state index contributed by atoms with van der Waals surface area (Å²) in [5.41, 5.74) is 2.22. The Morgan fingerprint density at radius 1 is 0.909 bits per heavy atom. The SMILES string of the molecule is C.NS(=O)(=O)c1ccc(-n2nc(CNCc3ccccc3)nc2Cc2ccccc2)c(F)c1. The van der Waals surface area contributed by atoms with Gasteiger partial charge in [0.1, 0.15) is 17.3 Å². The van der Waals surface area contributed by atoms with Crippen molar-refractivity contribution in [3.05, 3.63) is 107 Å². The van der Waals surface area contributed by atoms with Gasteiger partial charge in [-0.2, -0.15) is 0 Å². The third-order valence-corrected chi connectivity index (χ3v) is 5.77. The molecule has 172 valence electrons. The van der Waals surface area contributed by atoms with Crippen LogP contribution in [0.3, 0.4) is 0 Å². The third kappa shape index (κ3) is 6.10. The average molecular weight is 468 g/mol. The normalized spacial score (nSPS) is 11.2. The van der Waals surface area contributed by atoms with Crippen LogP contribution in [-0.2, 0) is 29.5 Å². The molecule has 33 heavy (non-hydrogen) atoms. The fourth-order valence-corrected chi connectivity index (χ4v) is 3.83. The van der Waals surface area contributed by atoms with E-state index >= 15 is 0 Å². The van der Waals surface area contributed by atoms with Gasteiger partial charge >= 0.3 is 0 Å². The van der Waals surface area contributed by atoms with Crippen LogP contribution in [0.1, 0.15) is 30.2 Å². The first-order valence-corrected chi connectivity index (χ1v) is 11.5. The van der Waals surface area contributed by atoms with Crippen molar-refractivity contribution in [2.75, 3.05) is 0 Å². The van der Waals surface area contributed by atoms with Crippen LogP contribution in [0.2, 0.25) is 0 Å². The van der Waals surface area contributed by atoms with Crippen LogP contribution in [0.5, 0.6) is 0 Å². The molecule has 3 N–H and O–H groups in total. The number of nitrogens with two attached hydrogens (primary N) is 1. The van der Waals surface area contributed by atoms with E-state index in [4.69, 9.17) is 5.14 Å². The molecular formula is C24H26FN5O2S. The van der Waals surface area contributed by atoms with Gasteiger partial charge in [0.05, 0.1) is 11.4 Å². The maximum Gasteiger partial charge on any atom is 0.238 e. The van der Waals surface area contributed by atoms with Crippen molar-refractivity contribution in [2.24, 2.45) is 5.14 Å². The molecule has 4 rings (SSSR count). The molecule has 0 saturated heterocycles. The van der Waals surface area contributed by atoms with Crippen LogP contribution in [-0.4, -0.2) is 23.2 Å². The molecule has 0 amide bonds. The van der Waals surface area contributed by atoms with E-state index in [0.717, 1.165) is 17.2 Å². The molecule has 0 radical (unpaired) electrons. The van der Waals surface area contributed by atoms with Crippen molar-refractivity contribution in [3.8, 4) is 5.69 Å². The van der Waals surface area contributed by atoms with Crippen molar-refractivity contribution in [1.82, 2.24) is 20.1 Å². The van der Waals surface area contributed by atoms with E-state index in [1.807, 2.05) is 60.7 Å². The van der Waals surface area contributed by atoms with Crippen LogP contribution >= 0.6 is 0 Å². The zero-order valence-electron chi connectivity index (χ0n) is 17.1. The van der Waals surface area contributed by atoms with Gasteiger partial charge in [0.2, 0.25) is 10.0 Å². The summed E-state index contributed by atoms with van der Waals surface area (Å²) in [5, 5.41) is 12.9. The van der Waals surface area contributed by atoms with E-state index in [-0.39, 0.29) is 18.0 Å². The number of nitrogens with one attached hydrogen (secondary N) is 1. The molecule has 0 bridgehead atoms. The Morgan fingerprint density at radius 3 is 2.15 bits per heavy atom. The zero-order chi connectivity index (χ0) is 22.6. The summed E-state index contributed by atoms with van der Waals surface area (Å²) in [7, 11) is -4.01. The summed E-state index contributed by atoms with van der Waals surface area (Å²) in [6.45, 7) is 1.03. The van der Waals surface area contributed by atoms with Gasteiger partial charge in [-0.15, -0.1) is 5.10 Å². The first-order chi connectivity index (χ1) is 15.4. The number of aromatic nitrogens is 3. The van der Waals surface area contributed by atoms with Gasteiger partial charge in [-0.1, -0.05) is 68.1 Å². The highest BCUT2D eigenvalue weighted by Gasteiger charge is 2.18. The molecule has 7 nitrogen and oxygen atoms in total. The maximum absolute atomic E-state index is 14.8. The van der Waals surface area contributed by atoms with Gasteiger partial charge < -0.3 is 5.32 Å². The fourth-order valence-electron chi connectivity index (χ4n) is 3.30. The molecule has 0 spiro atoms. The number of hydrogen-bond donors (Lipinski definition) is 2. The largest absolute Gasteiger partial charge is 0.306 e. The Balaban J connectivity index is 0.00000306. The lowest BCUT2D eigenvalue weighted by molar-refractivity contribution is 0.586. The molecular weight excluding hydrogens is 441 g/mol.